The van der Waals surface area contributed by atoms with Crippen LogP contribution in [0.1, 0.15) is 44.0 Å². The smallest absolute Gasteiger partial charge is 0.226 e. The zero-order valence-corrected chi connectivity index (χ0v) is 13.2. The van der Waals surface area contributed by atoms with Gasteiger partial charge in [-0.3, -0.25) is 4.79 Å². The molecule has 2 fully saturated rings. The van der Waals surface area contributed by atoms with E-state index in [0.29, 0.717) is 29.6 Å². The van der Waals surface area contributed by atoms with Crippen molar-refractivity contribution in [3.8, 4) is 0 Å². The fourth-order valence-corrected chi connectivity index (χ4v) is 3.92. The number of carbonyl (C=O) groups excluding carboxylic acids is 1. The lowest BCUT2D eigenvalue weighted by molar-refractivity contribution is -0.117. The van der Waals surface area contributed by atoms with E-state index in [1.165, 1.54) is 24.2 Å². The Balaban J connectivity index is 0.00000147. The van der Waals surface area contributed by atoms with E-state index in [0.717, 1.165) is 24.3 Å². The zero-order chi connectivity index (χ0) is 13.2. The van der Waals surface area contributed by atoms with Crippen molar-refractivity contribution in [1.82, 2.24) is 15.5 Å². The monoisotopic (exact) mass is 316 g/mol. The molecule has 20 heavy (non-hydrogen) atoms. The number of hydrogen-bond donors (Lipinski definition) is 2. The summed E-state index contributed by atoms with van der Waals surface area (Å²) < 4.78 is 0. The molecule has 0 spiro atoms. The Hall–Kier alpha value is -0.720. The van der Waals surface area contributed by atoms with Gasteiger partial charge in [0.15, 0.2) is 0 Å². The molecule has 112 valence electrons. The quantitative estimate of drug-likeness (QED) is 0.895. The number of fused-ring (bicyclic) bond motifs is 2. The van der Waals surface area contributed by atoms with E-state index >= 15 is 0 Å². The van der Waals surface area contributed by atoms with Crippen LogP contribution in [-0.4, -0.2) is 28.2 Å². The van der Waals surface area contributed by atoms with Gasteiger partial charge in [0, 0.05) is 18.5 Å². The zero-order valence-electron chi connectivity index (χ0n) is 11.6. The predicted octanol–water partition coefficient (Wildman–Crippen LogP) is 2.38. The molecule has 3 heterocycles. The summed E-state index contributed by atoms with van der Waals surface area (Å²) in [5, 5.41) is 16.1. The third-order valence-corrected chi connectivity index (χ3v) is 5.04. The second-order valence-electron chi connectivity index (χ2n) is 5.58. The molecule has 1 amide bonds. The molecule has 2 unspecified atom stereocenters. The second kappa shape index (κ2) is 6.83. The lowest BCUT2D eigenvalue weighted by Crippen LogP contribution is -2.39. The molecular weight excluding hydrogens is 296 g/mol. The SMILES string of the molecule is CCc1nnc(NC(=O)CC2CC3CCC(C2)N3)s1.Cl. The van der Waals surface area contributed by atoms with Crippen LogP contribution in [0.4, 0.5) is 5.13 Å². The molecule has 2 aliphatic rings. The highest BCUT2D eigenvalue weighted by atomic mass is 35.5. The molecule has 2 atom stereocenters. The van der Waals surface area contributed by atoms with Crippen LogP contribution in [0.2, 0.25) is 0 Å². The lowest BCUT2D eigenvalue weighted by atomic mass is 9.89. The molecule has 5 nitrogen and oxygen atoms in total. The fraction of sp³-hybridized carbons (Fsp3) is 0.769. The van der Waals surface area contributed by atoms with Gasteiger partial charge in [0.2, 0.25) is 11.0 Å². The summed E-state index contributed by atoms with van der Waals surface area (Å²) in [5.41, 5.74) is 0. The minimum atomic E-state index is 0. The van der Waals surface area contributed by atoms with E-state index in [4.69, 9.17) is 0 Å². The largest absolute Gasteiger partial charge is 0.311 e. The highest BCUT2D eigenvalue weighted by Crippen LogP contribution is 2.32. The number of amides is 1. The molecule has 3 rings (SSSR count). The van der Waals surface area contributed by atoms with E-state index in [1.54, 1.807) is 0 Å². The first kappa shape index (κ1) is 15.7. The molecule has 0 radical (unpaired) electrons. The average Bonchev–Trinajstić information content (AvgIpc) is 2.96. The number of hydrogen-bond acceptors (Lipinski definition) is 5. The number of aromatic nitrogens is 2. The van der Waals surface area contributed by atoms with Crippen molar-refractivity contribution >= 4 is 34.8 Å². The standard InChI is InChI=1S/C13H20N4OS.ClH/c1-2-12-16-17-13(19-12)15-11(18)7-8-5-9-3-4-10(6-8)14-9;/h8-10,14H,2-7H2,1H3,(H,15,17,18);1H. The summed E-state index contributed by atoms with van der Waals surface area (Å²) in [6.07, 6.45) is 6.32. The van der Waals surface area contributed by atoms with Crippen LogP contribution in [0.25, 0.3) is 0 Å². The fourth-order valence-electron chi connectivity index (χ4n) is 3.22. The van der Waals surface area contributed by atoms with Crippen molar-refractivity contribution < 1.29 is 4.79 Å². The second-order valence-corrected chi connectivity index (χ2v) is 6.64. The van der Waals surface area contributed by atoms with Crippen molar-refractivity contribution in [3.63, 3.8) is 0 Å². The van der Waals surface area contributed by atoms with Crippen molar-refractivity contribution in [3.05, 3.63) is 5.01 Å². The Morgan fingerprint density at radius 2 is 2.05 bits per heavy atom. The van der Waals surface area contributed by atoms with Crippen LogP contribution in [0.3, 0.4) is 0 Å². The first-order valence-electron chi connectivity index (χ1n) is 7.11. The van der Waals surface area contributed by atoms with Gasteiger partial charge in [-0.25, -0.2) is 0 Å². The van der Waals surface area contributed by atoms with E-state index < -0.39 is 0 Å². The molecular formula is C13H21ClN4OS. The molecule has 1 aromatic rings. The van der Waals surface area contributed by atoms with Crippen LogP contribution >= 0.6 is 23.7 Å². The van der Waals surface area contributed by atoms with Crippen LogP contribution in [0, 0.1) is 5.92 Å². The van der Waals surface area contributed by atoms with Gasteiger partial charge in [-0.15, -0.1) is 22.6 Å². The molecule has 2 N–H and O–H groups in total. The summed E-state index contributed by atoms with van der Waals surface area (Å²) in [6, 6.07) is 1.29. The third kappa shape index (κ3) is 3.68. The summed E-state index contributed by atoms with van der Waals surface area (Å²) in [5.74, 6) is 0.613. The maximum absolute atomic E-state index is 12.0. The first-order valence-corrected chi connectivity index (χ1v) is 7.93. The number of carbonyl (C=O) groups is 1. The Morgan fingerprint density at radius 3 is 2.65 bits per heavy atom. The lowest BCUT2D eigenvalue weighted by Gasteiger charge is -2.28. The van der Waals surface area contributed by atoms with Gasteiger partial charge >= 0.3 is 0 Å². The van der Waals surface area contributed by atoms with Crippen LogP contribution in [-0.2, 0) is 11.2 Å². The topological polar surface area (TPSA) is 66.9 Å². The average molecular weight is 317 g/mol. The van der Waals surface area contributed by atoms with Gasteiger partial charge in [-0.1, -0.05) is 18.3 Å². The van der Waals surface area contributed by atoms with Crippen molar-refractivity contribution in [2.75, 3.05) is 5.32 Å². The van der Waals surface area contributed by atoms with E-state index in [-0.39, 0.29) is 18.3 Å². The Kier molecular flexibility index (Phi) is 5.35. The van der Waals surface area contributed by atoms with Gasteiger partial charge in [0.25, 0.3) is 0 Å². The first-order chi connectivity index (χ1) is 9.22. The van der Waals surface area contributed by atoms with Gasteiger partial charge < -0.3 is 10.6 Å². The number of halogens is 1. The summed E-state index contributed by atoms with van der Waals surface area (Å²) in [4.78, 5) is 12.0. The third-order valence-electron chi connectivity index (χ3n) is 4.06. The minimum Gasteiger partial charge on any atom is -0.311 e. The number of rotatable bonds is 4. The summed E-state index contributed by atoms with van der Waals surface area (Å²) >= 11 is 1.47. The molecule has 2 saturated heterocycles. The maximum atomic E-state index is 12.0. The maximum Gasteiger partial charge on any atom is 0.226 e. The van der Waals surface area contributed by atoms with E-state index in [2.05, 4.69) is 20.8 Å². The summed E-state index contributed by atoms with van der Waals surface area (Å²) in [6.45, 7) is 2.04. The molecule has 0 aromatic carbocycles. The van der Waals surface area contributed by atoms with E-state index in [1.807, 2.05) is 6.92 Å². The van der Waals surface area contributed by atoms with Crippen LogP contribution in [0.15, 0.2) is 0 Å². The predicted molar refractivity (Wildman–Crippen MR) is 82.5 cm³/mol. The molecule has 0 saturated carbocycles. The Morgan fingerprint density at radius 1 is 1.35 bits per heavy atom. The minimum absolute atomic E-state index is 0. The number of aryl methyl sites for hydroxylation is 1. The van der Waals surface area contributed by atoms with Crippen molar-refractivity contribution in [1.29, 1.82) is 0 Å². The highest BCUT2D eigenvalue weighted by molar-refractivity contribution is 7.15. The van der Waals surface area contributed by atoms with Gasteiger partial charge in [0.05, 0.1) is 0 Å². The molecule has 2 aliphatic heterocycles. The van der Waals surface area contributed by atoms with Crippen LogP contribution < -0.4 is 10.6 Å². The van der Waals surface area contributed by atoms with Crippen molar-refractivity contribution in [2.24, 2.45) is 5.92 Å². The Bertz CT molecular complexity index is 455. The number of nitrogens with one attached hydrogen (secondary N) is 2. The van der Waals surface area contributed by atoms with E-state index in [9.17, 15) is 4.79 Å². The molecule has 2 bridgehead atoms. The molecule has 0 aliphatic carbocycles. The summed E-state index contributed by atoms with van der Waals surface area (Å²) in [7, 11) is 0. The van der Waals surface area contributed by atoms with Gasteiger partial charge in [-0.05, 0) is 38.0 Å². The van der Waals surface area contributed by atoms with Gasteiger partial charge in [-0.2, -0.15) is 0 Å². The molecule has 7 heteroatoms. The highest BCUT2D eigenvalue weighted by Gasteiger charge is 2.34. The van der Waals surface area contributed by atoms with Crippen molar-refractivity contribution in [2.45, 2.75) is 57.5 Å². The normalized spacial score (nSPS) is 27.9. The van der Waals surface area contributed by atoms with Gasteiger partial charge in [0.1, 0.15) is 5.01 Å². The molecule has 1 aromatic heterocycles. The number of anilines is 1. The number of piperidine rings is 1. The van der Waals surface area contributed by atoms with Crippen LogP contribution in [0.5, 0.6) is 0 Å². The number of nitrogens with zero attached hydrogens (tertiary/aromatic N) is 2. The Labute approximate surface area is 129 Å².